The lowest BCUT2D eigenvalue weighted by Crippen LogP contribution is -2.40. The van der Waals surface area contributed by atoms with Gasteiger partial charge in [0.05, 0.1) is 16.4 Å². The molecule has 144 valence electrons. The van der Waals surface area contributed by atoms with Crippen LogP contribution in [0.1, 0.15) is 23.6 Å². The van der Waals surface area contributed by atoms with Crippen molar-refractivity contribution in [2.24, 2.45) is 0 Å². The first-order valence-electron chi connectivity index (χ1n) is 8.27. The van der Waals surface area contributed by atoms with Crippen LogP contribution in [0.4, 0.5) is 16.2 Å². The quantitative estimate of drug-likeness (QED) is 0.478. The third-order valence-electron chi connectivity index (χ3n) is 4.87. The van der Waals surface area contributed by atoms with Crippen molar-refractivity contribution in [1.82, 2.24) is 10.2 Å². The van der Waals surface area contributed by atoms with Gasteiger partial charge in [-0.1, -0.05) is 12.1 Å². The number of carbonyl (C=O) groups excluding carboxylic acids is 2. The number of carbonyl (C=O) groups is 2. The molecule has 28 heavy (non-hydrogen) atoms. The van der Waals surface area contributed by atoms with Gasteiger partial charge in [-0.05, 0) is 37.1 Å². The molecule has 1 fully saturated rings. The average Bonchev–Trinajstić information content (AvgIpc) is 2.87. The number of benzene rings is 2. The highest BCUT2D eigenvalue weighted by atomic mass is 16.6. The fraction of sp³-hybridized carbons (Fsp3) is 0.222. The van der Waals surface area contributed by atoms with Crippen LogP contribution in [0.15, 0.2) is 42.5 Å². The summed E-state index contributed by atoms with van der Waals surface area (Å²) in [4.78, 5) is 47.2. The molecule has 2 aromatic rings. The van der Waals surface area contributed by atoms with Crippen molar-refractivity contribution in [3.8, 4) is 0 Å². The Kier molecular flexibility index (Phi) is 4.55. The van der Waals surface area contributed by atoms with E-state index in [-0.39, 0.29) is 17.9 Å². The predicted octanol–water partition coefficient (Wildman–Crippen LogP) is 2.78. The van der Waals surface area contributed by atoms with Crippen LogP contribution in [-0.4, -0.2) is 26.7 Å². The van der Waals surface area contributed by atoms with Crippen LogP contribution in [0.3, 0.4) is 0 Å². The molecule has 1 N–H and O–H groups in total. The van der Waals surface area contributed by atoms with E-state index >= 15 is 0 Å². The predicted molar refractivity (Wildman–Crippen MR) is 97.4 cm³/mol. The van der Waals surface area contributed by atoms with E-state index in [9.17, 15) is 29.8 Å². The van der Waals surface area contributed by atoms with E-state index in [0.29, 0.717) is 16.7 Å². The second-order valence-corrected chi connectivity index (χ2v) is 6.57. The summed E-state index contributed by atoms with van der Waals surface area (Å²) in [6.07, 6.45) is 0. The van der Waals surface area contributed by atoms with Gasteiger partial charge in [0.2, 0.25) is 0 Å². The molecule has 10 nitrogen and oxygen atoms in total. The van der Waals surface area contributed by atoms with Gasteiger partial charge in [-0.25, -0.2) is 4.79 Å². The van der Waals surface area contributed by atoms with E-state index < -0.39 is 27.3 Å². The van der Waals surface area contributed by atoms with Crippen LogP contribution in [0.25, 0.3) is 0 Å². The highest BCUT2D eigenvalue weighted by Crippen LogP contribution is 2.32. The Morgan fingerprint density at radius 1 is 1.04 bits per heavy atom. The summed E-state index contributed by atoms with van der Waals surface area (Å²) in [6, 6.07) is 9.17. The van der Waals surface area contributed by atoms with Crippen molar-refractivity contribution >= 4 is 23.3 Å². The summed E-state index contributed by atoms with van der Waals surface area (Å²) in [5, 5.41) is 24.5. The molecule has 2 aromatic carbocycles. The minimum absolute atomic E-state index is 0.0947. The second kappa shape index (κ2) is 6.72. The number of non-ortho nitro benzene ring substituents is 1. The van der Waals surface area contributed by atoms with Gasteiger partial charge < -0.3 is 5.32 Å². The summed E-state index contributed by atoms with van der Waals surface area (Å²) < 4.78 is 0. The van der Waals surface area contributed by atoms with E-state index in [1.54, 1.807) is 13.0 Å². The fourth-order valence-corrected chi connectivity index (χ4v) is 3.16. The van der Waals surface area contributed by atoms with Gasteiger partial charge in [-0.2, -0.15) is 0 Å². The highest BCUT2D eigenvalue weighted by molar-refractivity contribution is 6.07. The summed E-state index contributed by atoms with van der Waals surface area (Å²) >= 11 is 0. The van der Waals surface area contributed by atoms with Crippen LogP contribution in [0.2, 0.25) is 0 Å². The van der Waals surface area contributed by atoms with Crippen molar-refractivity contribution < 1.29 is 19.4 Å². The molecule has 10 heteroatoms. The van der Waals surface area contributed by atoms with Gasteiger partial charge >= 0.3 is 6.03 Å². The highest BCUT2D eigenvalue weighted by Gasteiger charge is 2.49. The lowest BCUT2D eigenvalue weighted by Gasteiger charge is -2.22. The zero-order chi connectivity index (χ0) is 20.6. The van der Waals surface area contributed by atoms with E-state index in [1.807, 2.05) is 0 Å². The Balaban J connectivity index is 1.91. The summed E-state index contributed by atoms with van der Waals surface area (Å²) in [5.74, 6) is -0.544. The molecule has 0 aromatic heterocycles. The number of nitrogens with zero attached hydrogens (tertiary/aromatic N) is 3. The van der Waals surface area contributed by atoms with Gasteiger partial charge in [0.1, 0.15) is 5.54 Å². The largest absolute Gasteiger partial charge is 0.325 e. The molecule has 0 radical (unpaired) electrons. The molecule has 1 aliphatic rings. The van der Waals surface area contributed by atoms with Crippen LogP contribution >= 0.6 is 0 Å². The standard InChI is InChI=1S/C18H16N4O6/c1-11-12(4-3-5-15(11)22(27)28)10-20-16(23)18(2,19-17(20)24)13-6-8-14(9-7-13)21(25)26/h3-9H,10H2,1-2H3,(H,19,24). The van der Waals surface area contributed by atoms with Gasteiger partial charge in [0.15, 0.2) is 0 Å². The number of imide groups is 1. The van der Waals surface area contributed by atoms with E-state index in [4.69, 9.17) is 0 Å². The van der Waals surface area contributed by atoms with Crippen molar-refractivity contribution in [3.05, 3.63) is 79.4 Å². The normalized spacial score (nSPS) is 18.9. The molecule has 0 bridgehead atoms. The number of urea groups is 1. The Labute approximate surface area is 159 Å². The van der Waals surface area contributed by atoms with Gasteiger partial charge in [0.25, 0.3) is 17.3 Å². The lowest BCUT2D eigenvalue weighted by molar-refractivity contribution is -0.385. The maximum absolute atomic E-state index is 13.0. The maximum Gasteiger partial charge on any atom is 0.325 e. The van der Waals surface area contributed by atoms with Crippen molar-refractivity contribution in [2.75, 3.05) is 0 Å². The first-order valence-corrected chi connectivity index (χ1v) is 8.27. The molecule has 3 amide bonds. The minimum atomic E-state index is -1.39. The first kappa shape index (κ1) is 19.0. The fourth-order valence-electron chi connectivity index (χ4n) is 3.16. The molecular formula is C18H16N4O6. The number of nitro groups is 2. The molecule has 1 atom stereocenters. The molecule has 0 spiro atoms. The molecule has 0 aliphatic carbocycles. The Morgan fingerprint density at radius 3 is 2.25 bits per heavy atom. The van der Waals surface area contributed by atoms with Crippen molar-refractivity contribution in [3.63, 3.8) is 0 Å². The second-order valence-electron chi connectivity index (χ2n) is 6.57. The monoisotopic (exact) mass is 384 g/mol. The molecule has 3 rings (SSSR count). The van der Waals surface area contributed by atoms with Gasteiger partial charge in [-0.15, -0.1) is 0 Å². The van der Waals surface area contributed by atoms with Crippen LogP contribution in [-0.2, 0) is 16.9 Å². The Hall–Kier alpha value is -3.82. The Morgan fingerprint density at radius 2 is 1.68 bits per heavy atom. The molecule has 0 saturated carbocycles. The Bertz CT molecular complexity index is 1000. The average molecular weight is 384 g/mol. The van der Waals surface area contributed by atoms with Crippen LogP contribution in [0, 0.1) is 27.2 Å². The van der Waals surface area contributed by atoms with Gasteiger partial charge in [-0.3, -0.25) is 29.9 Å². The molecule has 1 aliphatic heterocycles. The number of nitrogens with one attached hydrogen (secondary N) is 1. The summed E-state index contributed by atoms with van der Waals surface area (Å²) in [6.45, 7) is 2.94. The summed E-state index contributed by atoms with van der Waals surface area (Å²) in [7, 11) is 0. The zero-order valence-electron chi connectivity index (χ0n) is 15.0. The summed E-state index contributed by atoms with van der Waals surface area (Å²) in [5.41, 5.74) is -0.367. The molecule has 1 heterocycles. The van der Waals surface area contributed by atoms with E-state index in [0.717, 1.165) is 4.90 Å². The number of amides is 3. The van der Waals surface area contributed by atoms with Gasteiger partial charge in [0, 0.05) is 23.8 Å². The third-order valence-corrected chi connectivity index (χ3v) is 4.87. The smallest absolute Gasteiger partial charge is 0.319 e. The maximum atomic E-state index is 13.0. The SMILES string of the molecule is Cc1c(CN2C(=O)NC(C)(c3ccc([N+](=O)[O-])cc3)C2=O)cccc1[N+](=O)[O-]. The number of rotatable bonds is 5. The van der Waals surface area contributed by atoms with E-state index in [1.165, 1.54) is 43.3 Å². The topological polar surface area (TPSA) is 136 Å². The number of hydrogen-bond acceptors (Lipinski definition) is 6. The number of hydrogen-bond donors (Lipinski definition) is 1. The van der Waals surface area contributed by atoms with Crippen LogP contribution in [0.5, 0.6) is 0 Å². The number of nitro benzene ring substituents is 2. The molecular weight excluding hydrogens is 368 g/mol. The third kappa shape index (κ3) is 3.04. The van der Waals surface area contributed by atoms with Crippen molar-refractivity contribution in [1.29, 1.82) is 0 Å². The molecule has 1 unspecified atom stereocenters. The lowest BCUT2D eigenvalue weighted by atomic mass is 9.91. The minimum Gasteiger partial charge on any atom is -0.319 e. The first-order chi connectivity index (χ1) is 13.1. The zero-order valence-corrected chi connectivity index (χ0v) is 15.0. The van der Waals surface area contributed by atoms with Crippen molar-refractivity contribution in [2.45, 2.75) is 25.9 Å². The van der Waals surface area contributed by atoms with Crippen LogP contribution < -0.4 is 5.32 Å². The molecule has 1 saturated heterocycles. The van der Waals surface area contributed by atoms with E-state index in [2.05, 4.69) is 5.32 Å².